The molecule has 1 amide bonds. The molecule has 176 valence electrons. The predicted molar refractivity (Wildman–Crippen MR) is 134 cm³/mol. The van der Waals surface area contributed by atoms with Gasteiger partial charge in [-0.2, -0.15) is 0 Å². The van der Waals surface area contributed by atoms with Crippen molar-refractivity contribution in [3.05, 3.63) is 93.4 Å². The molecule has 1 aliphatic carbocycles. The van der Waals surface area contributed by atoms with Crippen molar-refractivity contribution in [2.45, 2.75) is 51.0 Å². The van der Waals surface area contributed by atoms with Gasteiger partial charge in [0.15, 0.2) is 5.78 Å². The lowest BCUT2D eigenvalue weighted by atomic mass is 9.77. The van der Waals surface area contributed by atoms with E-state index in [0.29, 0.717) is 21.7 Å². The highest BCUT2D eigenvalue weighted by molar-refractivity contribution is 6.30. The number of carbonyl (C=O) groups is 2. The first-order valence-electron chi connectivity index (χ1n) is 12.2. The van der Waals surface area contributed by atoms with Crippen molar-refractivity contribution in [1.82, 2.24) is 15.5 Å². The normalized spacial score (nSPS) is 20.8. The summed E-state index contributed by atoms with van der Waals surface area (Å²) in [6, 6.07) is 17.0. The van der Waals surface area contributed by atoms with Gasteiger partial charge in [-0.25, -0.2) is 0 Å². The Labute approximate surface area is 205 Å². The highest BCUT2D eigenvalue weighted by Crippen LogP contribution is 2.44. The first-order valence-corrected chi connectivity index (χ1v) is 12.5. The molecule has 2 aromatic rings. The number of ketones is 1. The minimum atomic E-state index is -0.481. The van der Waals surface area contributed by atoms with Crippen LogP contribution >= 0.6 is 11.6 Å². The Morgan fingerprint density at radius 2 is 1.68 bits per heavy atom. The first-order chi connectivity index (χ1) is 16.5. The van der Waals surface area contributed by atoms with E-state index in [1.165, 1.54) is 6.42 Å². The van der Waals surface area contributed by atoms with Crippen molar-refractivity contribution in [3.63, 3.8) is 0 Å². The van der Waals surface area contributed by atoms with E-state index in [-0.39, 0.29) is 17.7 Å². The third-order valence-electron chi connectivity index (χ3n) is 7.19. The molecule has 5 nitrogen and oxygen atoms in total. The number of benzene rings is 2. The van der Waals surface area contributed by atoms with E-state index in [1.54, 1.807) is 0 Å². The van der Waals surface area contributed by atoms with Crippen LogP contribution in [-0.2, 0) is 4.79 Å². The zero-order valence-electron chi connectivity index (χ0n) is 19.4. The number of Topliss-reactive ketones (excluding diaryl/α,β-unsaturated/α-hetero) is 1. The van der Waals surface area contributed by atoms with Crippen LogP contribution in [0.2, 0.25) is 5.02 Å². The van der Waals surface area contributed by atoms with Crippen LogP contribution in [0.25, 0.3) is 0 Å². The second-order valence-electron chi connectivity index (χ2n) is 9.33. The summed E-state index contributed by atoms with van der Waals surface area (Å²) in [5, 5.41) is 7.36. The zero-order valence-corrected chi connectivity index (χ0v) is 20.2. The van der Waals surface area contributed by atoms with E-state index in [0.717, 1.165) is 55.9 Å². The molecule has 1 saturated carbocycles. The maximum Gasteiger partial charge on any atom is 0.250 e. The Hall–Kier alpha value is -3.05. The minimum absolute atomic E-state index is 0.0644. The quantitative estimate of drug-likeness (QED) is 0.586. The minimum Gasteiger partial charge on any atom is -0.369 e. The molecule has 1 atom stereocenters. The molecule has 34 heavy (non-hydrogen) atoms. The molecule has 2 aliphatic heterocycles. The lowest BCUT2D eigenvalue weighted by Crippen LogP contribution is -2.42. The van der Waals surface area contributed by atoms with Crippen LogP contribution < -0.4 is 10.6 Å². The Balaban J connectivity index is 1.63. The van der Waals surface area contributed by atoms with Gasteiger partial charge < -0.3 is 15.5 Å². The fourth-order valence-electron chi connectivity index (χ4n) is 5.48. The number of hydrogen-bond acceptors (Lipinski definition) is 4. The molecule has 0 radical (unpaired) electrons. The topological polar surface area (TPSA) is 61.4 Å². The maximum atomic E-state index is 14.0. The third kappa shape index (κ3) is 4.25. The number of halogens is 1. The van der Waals surface area contributed by atoms with Crippen molar-refractivity contribution < 1.29 is 9.59 Å². The molecular weight excluding hydrogens is 446 g/mol. The second kappa shape index (κ2) is 9.67. The highest BCUT2D eigenvalue weighted by Gasteiger charge is 2.42. The van der Waals surface area contributed by atoms with Gasteiger partial charge in [0, 0.05) is 46.9 Å². The lowest BCUT2D eigenvalue weighted by molar-refractivity contribution is -0.118. The van der Waals surface area contributed by atoms with Crippen LogP contribution in [0.5, 0.6) is 0 Å². The fraction of sp³-hybridized carbons (Fsp3) is 0.357. The van der Waals surface area contributed by atoms with Crippen molar-refractivity contribution >= 4 is 23.3 Å². The highest BCUT2D eigenvalue weighted by atomic mass is 35.5. The zero-order chi connectivity index (χ0) is 23.7. The first kappa shape index (κ1) is 22.7. The summed E-state index contributed by atoms with van der Waals surface area (Å²) >= 11 is 6.20. The Morgan fingerprint density at radius 3 is 2.38 bits per heavy atom. The summed E-state index contributed by atoms with van der Waals surface area (Å²) in [6.45, 7) is 3.44. The van der Waals surface area contributed by atoms with Crippen LogP contribution in [0.1, 0.15) is 60.9 Å². The van der Waals surface area contributed by atoms with E-state index >= 15 is 0 Å². The van der Waals surface area contributed by atoms with Gasteiger partial charge in [-0.15, -0.1) is 0 Å². The van der Waals surface area contributed by atoms with Gasteiger partial charge in [-0.3, -0.25) is 9.59 Å². The van der Waals surface area contributed by atoms with Crippen LogP contribution in [0, 0.1) is 0 Å². The summed E-state index contributed by atoms with van der Waals surface area (Å²) < 4.78 is 0. The smallest absolute Gasteiger partial charge is 0.250 e. The number of nitrogens with one attached hydrogen (secondary N) is 2. The number of hydrogen-bond donors (Lipinski definition) is 2. The van der Waals surface area contributed by atoms with Gasteiger partial charge in [0.1, 0.15) is 5.82 Å². The predicted octanol–water partition coefficient (Wildman–Crippen LogP) is 5.16. The molecule has 0 spiro atoms. The molecule has 3 aliphatic rings. The second-order valence-corrected chi connectivity index (χ2v) is 9.76. The van der Waals surface area contributed by atoms with Gasteiger partial charge in [0.05, 0.1) is 5.57 Å². The van der Waals surface area contributed by atoms with E-state index in [9.17, 15) is 9.59 Å². The summed E-state index contributed by atoms with van der Waals surface area (Å²) in [7, 11) is 0. The average Bonchev–Trinajstić information content (AvgIpc) is 3.35. The van der Waals surface area contributed by atoms with E-state index in [1.807, 2.05) is 61.5 Å². The maximum absolute atomic E-state index is 14.0. The standard InChI is InChI=1S/C28H30ClN3O2/c1-18-23(28(34)31-22-10-6-3-7-11-22)24(19-12-14-21(29)15-13-19)25(27-30-16-17-32(18)27)26(33)20-8-4-2-5-9-20/h2,4-5,8-9,12-15,22,24,30H,3,6-7,10-11,16-17H2,1H3,(H,31,34). The SMILES string of the molecule is CC1=C(C(=O)NC2CCCCC2)C(c2ccc(Cl)cc2)C(C(=O)c2ccccc2)=C2NCCN12. The molecule has 2 N–H and O–H groups in total. The average molecular weight is 476 g/mol. The third-order valence-corrected chi connectivity index (χ3v) is 7.45. The van der Waals surface area contributed by atoms with Crippen LogP contribution in [-0.4, -0.2) is 35.7 Å². The van der Waals surface area contributed by atoms with Crippen molar-refractivity contribution in [2.75, 3.05) is 13.1 Å². The Morgan fingerprint density at radius 1 is 0.971 bits per heavy atom. The monoisotopic (exact) mass is 475 g/mol. The molecule has 0 aromatic heterocycles. The summed E-state index contributed by atoms with van der Waals surface area (Å²) in [5.41, 5.74) is 3.67. The van der Waals surface area contributed by atoms with E-state index in [2.05, 4.69) is 15.5 Å². The number of fused-ring (bicyclic) bond motifs is 1. The van der Waals surface area contributed by atoms with Gasteiger partial charge >= 0.3 is 0 Å². The van der Waals surface area contributed by atoms with Gasteiger partial charge in [-0.1, -0.05) is 73.3 Å². The largest absolute Gasteiger partial charge is 0.369 e. The summed E-state index contributed by atoms with van der Waals surface area (Å²) in [4.78, 5) is 29.9. The molecule has 1 saturated heterocycles. The van der Waals surface area contributed by atoms with E-state index < -0.39 is 5.92 Å². The number of amides is 1. The van der Waals surface area contributed by atoms with Crippen LogP contribution in [0.4, 0.5) is 0 Å². The number of rotatable bonds is 5. The molecule has 2 heterocycles. The molecule has 2 fully saturated rings. The van der Waals surface area contributed by atoms with Crippen molar-refractivity contribution in [1.29, 1.82) is 0 Å². The van der Waals surface area contributed by atoms with Crippen LogP contribution in [0.15, 0.2) is 77.3 Å². The van der Waals surface area contributed by atoms with Gasteiger partial charge in [0.2, 0.25) is 5.91 Å². The van der Waals surface area contributed by atoms with E-state index in [4.69, 9.17) is 11.6 Å². The van der Waals surface area contributed by atoms with Crippen molar-refractivity contribution in [3.8, 4) is 0 Å². The Kier molecular flexibility index (Phi) is 6.46. The molecule has 0 bridgehead atoms. The molecule has 1 unspecified atom stereocenters. The summed E-state index contributed by atoms with van der Waals surface area (Å²) in [5.74, 6) is 0.185. The molecule has 6 heteroatoms. The van der Waals surface area contributed by atoms with Gasteiger partial charge in [-0.05, 0) is 37.5 Å². The molecule has 2 aromatic carbocycles. The molecule has 5 rings (SSSR count). The van der Waals surface area contributed by atoms with Gasteiger partial charge in [0.25, 0.3) is 0 Å². The fourth-order valence-corrected chi connectivity index (χ4v) is 5.61. The number of allylic oxidation sites excluding steroid dienone is 2. The Bertz CT molecular complexity index is 1150. The number of nitrogens with zero attached hydrogens (tertiary/aromatic N) is 1. The summed E-state index contributed by atoms with van der Waals surface area (Å²) in [6.07, 6.45) is 5.52. The lowest BCUT2D eigenvalue weighted by Gasteiger charge is -2.36. The van der Waals surface area contributed by atoms with Crippen molar-refractivity contribution in [2.24, 2.45) is 0 Å². The molecular formula is C28H30ClN3O2. The van der Waals surface area contributed by atoms with Crippen LogP contribution in [0.3, 0.4) is 0 Å². The number of carbonyl (C=O) groups excluding carboxylic acids is 2.